The highest BCUT2D eigenvalue weighted by Crippen LogP contribution is 2.35. The minimum atomic E-state index is -0.267. The van der Waals surface area contributed by atoms with E-state index in [2.05, 4.69) is 12.2 Å². The van der Waals surface area contributed by atoms with Gasteiger partial charge >= 0.3 is 5.97 Å². The van der Waals surface area contributed by atoms with Gasteiger partial charge in [0.1, 0.15) is 6.10 Å². The number of fused-ring (bicyclic) bond motifs is 1. The van der Waals surface area contributed by atoms with E-state index in [0.717, 1.165) is 12.8 Å². The van der Waals surface area contributed by atoms with Gasteiger partial charge in [-0.2, -0.15) is 0 Å². The first-order valence-corrected chi connectivity index (χ1v) is 4.76. The first kappa shape index (κ1) is 8.75. The Morgan fingerprint density at radius 2 is 2.23 bits per heavy atom. The molecule has 1 fully saturated rings. The number of rotatable bonds is 1. The summed E-state index contributed by atoms with van der Waals surface area (Å²) in [5.41, 5.74) is 0. The molecular weight excluding hydrogens is 168 g/mol. The van der Waals surface area contributed by atoms with Crippen molar-refractivity contribution < 1.29 is 14.6 Å². The third-order valence-corrected chi connectivity index (χ3v) is 2.99. The molecule has 0 aromatic carbocycles. The quantitative estimate of drug-likeness (QED) is 0.483. The maximum absolute atomic E-state index is 11.1. The Hall–Kier alpha value is -0.830. The lowest BCUT2D eigenvalue weighted by molar-refractivity contribution is -0.166. The average molecular weight is 182 g/mol. The van der Waals surface area contributed by atoms with E-state index in [1.165, 1.54) is 0 Å². The topological polar surface area (TPSA) is 46.5 Å². The van der Waals surface area contributed by atoms with E-state index in [-0.39, 0.29) is 18.7 Å². The summed E-state index contributed by atoms with van der Waals surface area (Å²) in [4.78, 5) is 11.1. The van der Waals surface area contributed by atoms with Crippen LogP contribution >= 0.6 is 0 Å². The fourth-order valence-electron chi connectivity index (χ4n) is 2.27. The van der Waals surface area contributed by atoms with E-state index in [9.17, 15) is 4.79 Å². The maximum atomic E-state index is 11.1. The molecule has 1 aliphatic carbocycles. The van der Waals surface area contributed by atoms with Crippen LogP contribution in [-0.2, 0) is 9.53 Å². The van der Waals surface area contributed by atoms with Crippen molar-refractivity contribution in [3.63, 3.8) is 0 Å². The van der Waals surface area contributed by atoms with Crippen molar-refractivity contribution in [2.75, 3.05) is 6.61 Å². The highest BCUT2D eigenvalue weighted by Gasteiger charge is 2.37. The fourth-order valence-corrected chi connectivity index (χ4v) is 2.27. The average Bonchev–Trinajstić information content (AvgIpc) is 2.16. The number of cyclic esters (lactones) is 1. The molecule has 13 heavy (non-hydrogen) atoms. The lowest BCUT2D eigenvalue weighted by Gasteiger charge is -2.37. The van der Waals surface area contributed by atoms with Crippen LogP contribution in [-0.4, -0.2) is 23.8 Å². The number of carbonyl (C=O) groups is 1. The number of aliphatic hydroxyl groups excluding tert-OH is 1. The number of ether oxygens (including phenoxy) is 1. The molecule has 2 rings (SSSR count). The lowest BCUT2D eigenvalue weighted by atomic mass is 9.76. The van der Waals surface area contributed by atoms with Gasteiger partial charge in [0.2, 0.25) is 0 Å². The molecule has 3 atom stereocenters. The number of allylic oxidation sites excluding steroid dienone is 2. The van der Waals surface area contributed by atoms with Gasteiger partial charge in [-0.15, -0.1) is 0 Å². The van der Waals surface area contributed by atoms with E-state index in [1.807, 2.05) is 0 Å². The third kappa shape index (κ3) is 1.61. The summed E-state index contributed by atoms with van der Waals surface area (Å²) in [5, 5.41) is 9.05. The molecule has 3 nitrogen and oxygen atoms in total. The van der Waals surface area contributed by atoms with Crippen LogP contribution in [0.25, 0.3) is 0 Å². The van der Waals surface area contributed by atoms with E-state index in [0.29, 0.717) is 18.3 Å². The first-order chi connectivity index (χ1) is 6.31. The highest BCUT2D eigenvalue weighted by molar-refractivity contribution is 5.71. The van der Waals surface area contributed by atoms with Crippen molar-refractivity contribution in [2.24, 2.45) is 11.8 Å². The van der Waals surface area contributed by atoms with Crippen molar-refractivity contribution >= 4 is 5.97 Å². The fraction of sp³-hybridized carbons (Fsp3) is 0.700. The normalized spacial score (nSPS) is 38.2. The Labute approximate surface area is 77.4 Å². The lowest BCUT2D eigenvalue weighted by Crippen LogP contribution is -2.41. The molecule has 0 aromatic rings. The molecule has 2 aliphatic rings. The smallest absolute Gasteiger partial charge is 0.306 e. The molecule has 0 saturated carbocycles. The van der Waals surface area contributed by atoms with Crippen molar-refractivity contribution in [3.8, 4) is 0 Å². The molecule has 1 aliphatic heterocycles. The summed E-state index contributed by atoms with van der Waals surface area (Å²) in [6.45, 7) is -0.0409. The van der Waals surface area contributed by atoms with Gasteiger partial charge in [0.25, 0.3) is 0 Å². The van der Waals surface area contributed by atoms with Crippen molar-refractivity contribution in [1.82, 2.24) is 0 Å². The standard InChI is InChI=1S/C10H14O3/c11-6-9-8-4-2-1-3-7(8)5-10(12)13-9/h1-2,7-9,11H,3-6H2/t7-,8-,9+/m0/s1. The molecule has 1 N–H and O–H groups in total. The van der Waals surface area contributed by atoms with Crippen LogP contribution < -0.4 is 0 Å². The van der Waals surface area contributed by atoms with Gasteiger partial charge in [0.15, 0.2) is 0 Å². The van der Waals surface area contributed by atoms with Gasteiger partial charge < -0.3 is 9.84 Å². The van der Waals surface area contributed by atoms with E-state index < -0.39 is 0 Å². The Balaban J connectivity index is 2.12. The molecule has 1 heterocycles. The molecule has 0 unspecified atom stereocenters. The van der Waals surface area contributed by atoms with Crippen LogP contribution in [0.15, 0.2) is 12.2 Å². The maximum Gasteiger partial charge on any atom is 0.306 e. The molecule has 1 saturated heterocycles. The van der Waals surface area contributed by atoms with Gasteiger partial charge in [-0.05, 0) is 18.8 Å². The molecule has 0 radical (unpaired) electrons. The van der Waals surface area contributed by atoms with Gasteiger partial charge in [0.05, 0.1) is 6.61 Å². The van der Waals surface area contributed by atoms with Gasteiger partial charge in [-0.25, -0.2) is 0 Å². The largest absolute Gasteiger partial charge is 0.460 e. The number of hydrogen-bond donors (Lipinski definition) is 1. The molecule has 0 bridgehead atoms. The Kier molecular flexibility index (Phi) is 2.36. The minimum Gasteiger partial charge on any atom is -0.460 e. The summed E-state index contributed by atoms with van der Waals surface area (Å²) >= 11 is 0. The monoisotopic (exact) mass is 182 g/mol. The molecule has 0 spiro atoms. The second-order valence-corrected chi connectivity index (χ2v) is 3.78. The van der Waals surface area contributed by atoms with Crippen LogP contribution in [0.1, 0.15) is 19.3 Å². The summed E-state index contributed by atoms with van der Waals surface area (Å²) in [7, 11) is 0. The summed E-state index contributed by atoms with van der Waals surface area (Å²) in [5.74, 6) is 0.576. The number of aliphatic hydroxyl groups is 1. The SMILES string of the molecule is O=C1C[C@@H]2CC=CC[C@@H]2[C@@H](CO)O1. The third-order valence-electron chi connectivity index (χ3n) is 2.99. The van der Waals surface area contributed by atoms with E-state index in [1.54, 1.807) is 0 Å². The second kappa shape index (κ2) is 3.50. The zero-order valence-electron chi connectivity index (χ0n) is 7.48. The van der Waals surface area contributed by atoms with Crippen LogP contribution in [0.5, 0.6) is 0 Å². The van der Waals surface area contributed by atoms with E-state index in [4.69, 9.17) is 9.84 Å². The van der Waals surface area contributed by atoms with Gasteiger partial charge in [-0.1, -0.05) is 12.2 Å². The molecule has 3 heteroatoms. The van der Waals surface area contributed by atoms with Gasteiger partial charge in [-0.3, -0.25) is 4.79 Å². The Morgan fingerprint density at radius 1 is 1.46 bits per heavy atom. The number of esters is 1. The molecule has 0 aromatic heterocycles. The highest BCUT2D eigenvalue weighted by atomic mass is 16.6. The van der Waals surface area contributed by atoms with Crippen LogP contribution in [0.2, 0.25) is 0 Å². The predicted molar refractivity (Wildman–Crippen MR) is 46.9 cm³/mol. The Morgan fingerprint density at radius 3 is 3.00 bits per heavy atom. The zero-order chi connectivity index (χ0) is 9.26. The molecule has 0 amide bonds. The molecular formula is C10H14O3. The van der Waals surface area contributed by atoms with Crippen LogP contribution in [0.3, 0.4) is 0 Å². The number of carbonyl (C=O) groups excluding carboxylic acids is 1. The Bertz CT molecular complexity index is 234. The summed E-state index contributed by atoms with van der Waals surface area (Å²) in [6.07, 6.45) is 6.37. The summed E-state index contributed by atoms with van der Waals surface area (Å²) < 4.78 is 5.08. The first-order valence-electron chi connectivity index (χ1n) is 4.76. The zero-order valence-corrected chi connectivity index (χ0v) is 7.48. The minimum absolute atomic E-state index is 0.0409. The van der Waals surface area contributed by atoms with Crippen molar-refractivity contribution in [2.45, 2.75) is 25.4 Å². The van der Waals surface area contributed by atoms with Gasteiger partial charge in [0, 0.05) is 12.3 Å². The predicted octanol–water partition coefficient (Wildman–Crippen LogP) is 0.877. The van der Waals surface area contributed by atoms with E-state index >= 15 is 0 Å². The van der Waals surface area contributed by atoms with Crippen LogP contribution in [0, 0.1) is 11.8 Å². The van der Waals surface area contributed by atoms with Crippen molar-refractivity contribution in [3.05, 3.63) is 12.2 Å². The second-order valence-electron chi connectivity index (χ2n) is 3.78. The summed E-state index contributed by atoms with van der Waals surface area (Å²) in [6, 6.07) is 0. The van der Waals surface area contributed by atoms with Crippen LogP contribution in [0.4, 0.5) is 0 Å². The molecule has 72 valence electrons. The van der Waals surface area contributed by atoms with Crippen molar-refractivity contribution in [1.29, 1.82) is 0 Å². The number of hydrogen-bond acceptors (Lipinski definition) is 3.